The summed E-state index contributed by atoms with van der Waals surface area (Å²) in [6.07, 6.45) is 6.84. The van der Waals surface area contributed by atoms with E-state index >= 15 is 0 Å². The highest BCUT2D eigenvalue weighted by Crippen LogP contribution is 2.36. The van der Waals surface area contributed by atoms with Crippen LogP contribution in [0.15, 0.2) is 0 Å². The molecular formula is C14H28N2O2. The standard InChI is InChI=1S/C14H28N2O2/c1-15-11-14(5-3-2-4-6-14)12-16-7-8-18-13(9-16)10-17/h13,15,17H,2-12H2,1H3. The van der Waals surface area contributed by atoms with Crippen LogP contribution in [0.4, 0.5) is 0 Å². The van der Waals surface area contributed by atoms with Gasteiger partial charge in [0, 0.05) is 26.2 Å². The summed E-state index contributed by atoms with van der Waals surface area (Å²) < 4.78 is 5.53. The first-order valence-corrected chi connectivity index (χ1v) is 7.37. The Kier molecular flexibility index (Phi) is 5.42. The van der Waals surface area contributed by atoms with E-state index in [1.165, 1.54) is 32.1 Å². The first-order valence-electron chi connectivity index (χ1n) is 7.37. The predicted molar refractivity (Wildman–Crippen MR) is 72.7 cm³/mol. The van der Waals surface area contributed by atoms with Crippen LogP contribution in [-0.2, 0) is 4.74 Å². The molecule has 4 heteroatoms. The van der Waals surface area contributed by atoms with Gasteiger partial charge in [-0.05, 0) is 25.3 Å². The van der Waals surface area contributed by atoms with Crippen LogP contribution in [0.3, 0.4) is 0 Å². The molecule has 1 atom stereocenters. The van der Waals surface area contributed by atoms with Gasteiger partial charge in [-0.3, -0.25) is 4.90 Å². The summed E-state index contributed by atoms with van der Waals surface area (Å²) in [6.45, 7) is 5.10. The molecule has 0 bridgehead atoms. The lowest BCUT2D eigenvalue weighted by Crippen LogP contribution is -2.51. The second kappa shape index (κ2) is 6.85. The Morgan fingerprint density at radius 2 is 2.11 bits per heavy atom. The minimum atomic E-state index is 0.0222. The molecule has 1 aliphatic carbocycles. The molecule has 1 heterocycles. The van der Waals surface area contributed by atoms with E-state index in [4.69, 9.17) is 4.74 Å². The Hall–Kier alpha value is -0.160. The molecule has 1 aliphatic heterocycles. The van der Waals surface area contributed by atoms with Gasteiger partial charge in [0.25, 0.3) is 0 Å². The second-order valence-electron chi connectivity index (χ2n) is 6.00. The monoisotopic (exact) mass is 256 g/mol. The number of aliphatic hydroxyl groups is 1. The van der Waals surface area contributed by atoms with Gasteiger partial charge >= 0.3 is 0 Å². The van der Waals surface area contributed by atoms with E-state index in [9.17, 15) is 5.11 Å². The zero-order valence-corrected chi connectivity index (χ0v) is 11.7. The van der Waals surface area contributed by atoms with E-state index in [0.717, 1.165) is 32.8 Å². The SMILES string of the molecule is CNCC1(CN2CCOC(CO)C2)CCCCC1. The maximum Gasteiger partial charge on any atom is 0.0932 e. The van der Waals surface area contributed by atoms with Crippen molar-refractivity contribution in [3.63, 3.8) is 0 Å². The number of hydrogen-bond acceptors (Lipinski definition) is 4. The van der Waals surface area contributed by atoms with Crippen molar-refractivity contribution in [3.8, 4) is 0 Å². The first kappa shape index (κ1) is 14.3. The Bertz CT molecular complexity index is 236. The van der Waals surface area contributed by atoms with Crippen LogP contribution in [-0.4, -0.2) is 62.6 Å². The molecule has 18 heavy (non-hydrogen) atoms. The van der Waals surface area contributed by atoms with Crippen molar-refractivity contribution in [2.75, 3.05) is 46.4 Å². The van der Waals surface area contributed by atoms with Crippen molar-refractivity contribution in [1.29, 1.82) is 0 Å². The minimum absolute atomic E-state index is 0.0222. The van der Waals surface area contributed by atoms with Crippen molar-refractivity contribution < 1.29 is 9.84 Å². The van der Waals surface area contributed by atoms with E-state index in [2.05, 4.69) is 17.3 Å². The molecule has 2 rings (SSSR count). The van der Waals surface area contributed by atoms with E-state index in [1.54, 1.807) is 0 Å². The third kappa shape index (κ3) is 3.67. The molecular weight excluding hydrogens is 228 g/mol. The average Bonchev–Trinajstić information content (AvgIpc) is 2.40. The predicted octanol–water partition coefficient (Wildman–Crippen LogP) is 0.849. The fourth-order valence-corrected chi connectivity index (χ4v) is 3.58. The molecule has 0 aromatic heterocycles. The summed E-state index contributed by atoms with van der Waals surface area (Å²) in [7, 11) is 2.06. The van der Waals surface area contributed by atoms with Crippen LogP contribution < -0.4 is 5.32 Å². The van der Waals surface area contributed by atoms with E-state index < -0.39 is 0 Å². The fraction of sp³-hybridized carbons (Fsp3) is 1.00. The third-order valence-electron chi connectivity index (χ3n) is 4.45. The lowest BCUT2D eigenvalue weighted by molar-refractivity contribution is -0.0653. The first-order chi connectivity index (χ1) is 8.78. The summed E-state index contributed by atoms with van der Waals surface area (Å²) in [5.41, 5.74) is 0.449. The quantitative estimate of drug-likeness (QED) is 0.765. The number of aliphatic hydroxyl groups excluding tert-OH is 1. The smallest absolute Gasteiger partial charge is 0.0932 e. The van der Waals surface area contributed by atoms with Gasteiger partial charge in [-0.2, -0.15) is 0 Å². The van der Waals surface area contributed by atoms with Gasteiger partial charge in [-0.1, -0.05) is 19.3 Å². The molecule has 2 N–H and O–H groups in total. The van der Waals surface area contributed by atoms with Crippen LogP contribution in [0.1, 0.15) is 32.1 Å². The van der Waals surface area contributed by atoms with E-state index in [0.29, 0.717) is 5.41 Å². The molecule has 0 aromatic carbocycles. The highest BCUT2D eigenvalue weighted by molar-refractivity contribution is 4.88. The summed E-state index contributed by atoms with van der Waals surface area (Å²) in [5, 5.41) is 12.6. The van der Waals surface area contributed by atoms with Crippen molar-refractivity contribution in [1.82, 2.24) is 10.2 Å². The Labute approximate surface area is 111 Å². The highest BCUT2D eigenvalue weighted by Gasteiger charge is 2.34. The van der Waals surface area contributed by atoms with Crippen molar-refractivity contribution >= 4 is 0 Å². The summed E-state index contributed by atoms with van der Waals surface area (Å²) in [4.78, 5) is 2.49. The van der Waals surface area contributed by atoms with Crippen LogP contribution in [0.5, 0.6) is 0 Å². The van der Waals surface area contributed by atoms with Gasteiger partial charge in [0.2, 0.25) is 0 Å². The molecule has 2 aliphatic rings. The van der Waals surface area contributed by atoms with Crippen LogP contribution in [0.2, 0.25) is 0 Å². The maximum absolute atomic E-state index is 9.22. The molecule has 2 fully saturated rings. The van der Waals surface area contributed by atoms with E-state index in [1.807, 2.05) is 0 Å². The zero-order chi connectivity index (χ0) is 12.8. The topological polar surface area (TPSA) is 44.7 Å². The number of rotatable bonds is 5. The molecule has 0 amide bonds. The molecule has 0 radical (unpaired) electrons. The largest absolute Gasteiger partial charge is 0.394 e. The Morgan fingerprint density at radius 1 is 1.33 bits per heavy atom. The number of hydrogen-bond donors (Lipinski definition) is 2. The molecule has 4 nitrogen and oxygen atoms in total. The molecule has 106 valence electrons. The Morgan fingerprint density at radius 3 is 2.78 bits per heavy atom. The summed E-state index contributed by atoms with van der Waals surface area (Å²) in [5.74, 6) is 0. The van der Waals surface area contributed by atoms with Crippen molar-refractivity contribution in [2.24, 2.45) is 5.41 Å². The van der Waals surface area contributed by atoms with Crippen molar-refractivity contribution in [3.05, 3.63) is 0 Å². The van der Waals surface area contributed by atoms with Gasteiger partial charge in [-0.25, -0.2) is 0 Å². The van der Waals surface area contributed by atoms with Gasteiger partial charge in [0.05, 0.1) is 19.3 Å². The molecule has 1 unspecified atom stereocenters. The summed E-state index contributed by atoms with van der Waals surface area (Å²) in [6, 6.07) is 0. The number of nitrogens with one attached hydrogen (secondary N) is 1. The average molecular weight is 256 g/mol. The van der Waals surface area contributed by atoms with Crippen LogP contribution >= 0.6 is 0 Å². The normalized spacial score (nSPS) is 29.3. The molecule has 0 spiro atoms. The molecule has 1 saturated heterocycles. The van der Waals surface area contributed by atoms with Crippen LogP contribution in [0, 0.1) is 5.41 Å². The van der Waals surface area contributed by atoms with Gasteiger partial charge in [0.15, 0.2) is 0 Å². The van der Waals surface area contributed by atoms with Crippen molar-refractivity contribution in [2.45, 2.75) is 38.2 Å². The fourth-order valence-electron chi connectivity index (χ4n) is 3.58. The lowest BCUT2D eigenvalue weighted by atomic mass is 9.73. The minimum Gasteiger partial charge on any atom is -0.394 e. The molecule has 0 aromatic rings. The lowest BCUT2D eigenvalue weighted by Gasteiger charge is -2.43. The van der Waals surface area contributed by atoms with Gasteiger partial charge in [-0.15, -0.1) is 0 Å². The maximum atomic E-state index is 9.22. The van der Waals surface area contributed by atoms with Gasteiger partial charge < -0.3 is 15.2 Å². The Balaban J connectivity index is 1.91. The van der Waals surface area contributed by atoms with Gasteiger partial charge in [0.1, 0.15) is 0 Å². The van der Waals surface area contributed by atoms with Crippen LogP contribution in [0.25, 0.3) is 0 Å². The van der Waals surface area contributed by atoms with E-state index in [-0.39, 0.29) is 12.7 Å². The number of nitrogens with zero attached hydrogens (tertiary/aromatic N) is 1. The third-order valence-corrected chi connectivity index (χ3v) is 4.45. The molecule has 1 saturated carbocycles. The summed E-state index contributed by atoms with van der Waals surface area (Å²) >= 11 is 0. The second-order valence-corrected chi connectivity index (χ2v) is 6.00. The number of morpholine rings is 1. The highest BCUT2D eigenvalue weighted by atomic mass is 16.5. The zero-order valence-electron chi connectivity index (χ0n) is 11.7. The number of ether oxygens (including phenoxy) is 1.